The zero-order valence-electron chi connectivity index (χ0n) is 17.8. The summed E-state index contributed by atoms with van der Waals surface area (Å²) in [7, 11) is 0. The quantitative estimate of drug-likeness (QED) is 0.565. The van der Waals surface area contributed by atoms with Crippen molar-refractivity contribution in [3.8, 4) is 11.5 Å². The molecule has 1 aliphatic heterocycles. The minimum absolute atomic E-state index is 0.0245. The monoisotopic (exact) mass is 428 g/mol. The van der Waals surface area contributed by atoms with Crippen LogP contribution in [0.4, 0.5) is 11.4 Å². The Morgan fingerprint density at radius 1 is 1.09 bits per heavy atom. The Bertz CT molecular complexity index is 1120. The molecule has 3 aromatic rings. The van der Waals surface area contributed by atoms with Gasteiger partial charge in [0, 0.05) is 11.8 Å². The summed E-state index contributed by atoms with van der Waals surface area (Å²) in [6, 6.07) is 22.6. The highest BCUT2D eigenvalue weighted by molar-refractivity contribution is 6.03. The van der Waals surface area contributed by atoms with E-state index in [0.717, 1.165) is 16.9 Å². The molecule has 1 heterocycles. The SMILES string of the molecule is Cc1ccc(/C=C/C(=O)Nc2ccc3c(c2)N(CCOc2ccccc2)C(=O)CO3)cc1. The summed E-state index contributed by atoms with van der Waals surface area (Å²) in [6.07, 6.45) is 3.24. The molecule has 0 aromatic heterocycles. The summed E-state index contributed by atoms with van der Waals surface area (Å²) in [5.41, 5.74) is 3.30. The maximum atomic E-state index is 12.5. The molecule has 162 valence electrons. The van der Waals surface area contributed by atoms with Crippen LogP contribution in [0, 0.1) is 6.92 Å². The molecule has 32 heavy (non-hydrogen) atoms. The summed E-state index contributed by atoms with van der Waals surface area (Å²) < 4.78 is 11.3. The molecule has 0 bridgehead atoms. The van der Waals surface area contributed by atoms with Crippen molar-refractivity contribution in [2.45, 2.75) is 6.92 Å². The molecular weight excluding hydrogens is 404 g/mol. The van der Waals surface area contributed by atoms with Gasteiger partial charge in [0.05, 0.1) is 12.2 Å². The summed E-state index contributed by atoms with van der Waals surface area (Å²) in [5.74, 6) is 0.928. The summed E-state index contributed by atoms with van der Waals surface area (Å²) in [5, 5.41) is 2.84. The van der Waals surface area contributed by atoms with Crippen molar-refractivity contribution < 1.29 is 19.1 Å². The number of hydrogen-bond donors (Lipinski definition) is 1. The fourth-order valence-corrected chi connectivity index (χ4v) is 3.33. The molecule has 1 N–H and O–H groups in total. The van der Waals surface area contributed by atoms with Crippen molar-refractivity contribution >= 4 is 29.3 Å². The number of nitrogens with zero attached hydrogens (tertiary/aromatic N) is 1. The van der Waals surface area contributed by atoms with Crippen LogP contribution >= 0.6 is 0 Å². The molecule has 6 nitrogen and oxygen atoms in total. The first-order valence-electron chi connectivity index (χ1n) is 10.4. The van der Waals surface area contributed by atoms with E-state index in [-0.39, 0.29) is 18.4 Å². The number of benzene rings is 3. The smallest absolute Gasteiger partial charge is 0.265 e. The minimum Gasteiger partial charge on any atom is -0.492 e. The van der Waals surface area contributed by atoms with Gasteiger partial charge in [-0.25, -0.2) is 0 Å². The average Bonchev–Trinajstić information content (AvgIpc) is 2.81. The number of nitrogens with one attached hydrogen (secondary N) is 1. The number of aryl methyl sites for hydroxylation is 1. The van der Waals surface area contributed by atoms with Crippen LogP contribution < -0.4 is 19.7 Å². The van der Waals surface area contributed by atoms with Crippen LogP contribution in [0.15, 0.2) is 78.9 Å². The Kier molecular flexibility index (Phi) is 6.51. The Morgan fingerprint density at radius 2 is 1.88 bits per heavy atom. The Balaban J connectivity index is 1.42. The fourth-order valence-electron chi connectivity index (χ4n) is 3.33. The first-order chi connectivity index (χ1) is 15.6. The molecule has 3 aromatic carbocycles. The second kappa shape index (κ2) is 9.83. The lowest BCUT2D eigenvalue weighted by molar-refractivity contribution is -0.121. The number of carbonyl (C=O) groups is 2. The zero-order chi connectivity index (χ0) is 22.3. The van der Waals surface area contributed by atoms with Gasteiger partial charge in [0.25, 0.3) is 5.91 Å². The maximum Gasteiger partial charge on any atom is 0.265 e. The van der Waals surface area contributed by atoms with Gasteiger partial charge in [0.2, 0.25) is 5.91 Å². The van der Waals surface area contributed by atoms with E-state index in [1.165, 1.54) is 6.08 Å². The largest absolute Gasteiger partial charge is 0.492 e. The number of ether oxygens (including phenoxy) is 2. The molecule has 0 radical (unpaired) electrons. The number of amides is 2. The predicted molar refractivity (Wildman–Crippen MR) is 125 cm³/mol. The van der Waals surface area contributed by atoms with Crippen molar-refractivity contribution in [2.75, 3.05) is 30.0 Å². The fraction of sp³-hybridized carbons (Fsp3) is 0.154. The molecule has 0 spiro atoms. The van der Waals surface area contributed by atoms with Gasteiger partial charge < -0.3 is 19.7 Å². The highest BCUT2D eigenvalue weighted by atomic mass is 16.5. The van der Waals surface area contributed by atoms with E-state index in [2.05, 4.69) is 5.32 Å². The third-order valence-corrected chi connectivity index (χ3v) is 5.00. The molecule has 4 rings (SSSR count). The van der Waals surface area contributed by atoms with Crippen molar-refractivity contribution in [3.63, 3.8) is 0 Å². The molecule has 6 heteroatoms. The van der Waals surface area contributed by atoms with Crippen molar-refractivity contribution in [2.24, 2.45) is 0 Å². The van der Waals surface area contributed by atoms with E-state index in [1.807, 2.05) is 61.5 Å². The van der Waals surface area contributed by atoms with Gasteiger partial charge in [-0.3, -0.25) is 9.59 Å². The van der Waals surface area contributed by atoms with Gasteiger partial charge in [0.1, 0.15) is 18.1 Å². The van der Waals surface area contributed by atoms with Crippen molar-refractivity contribution in [1.29, 1.82) is 0 Å². The average molecular weight is 428 g/mol. The predicted octanol–water partition coefficient (Wildman–Crippen LogP) is 4.45. The van der Waals surface area contributed by atoms with Crippen LogP contribution in [0.3, 0.4) is 0 Å². The summed E-state index contributed by atoms with van der Waals surface area (Å²) in [6.45, 7) is 2.70. The molecule has 0 fully saturated rings. The second-order valence-corrected chi connectivity index (χ2v) is 7.41. The van der Waals surface area contributed by atoms with Crippen LogP contribution in [0.5, 0.6) is 11.5 Å². The molecule has 0 saturated carbocycles. The van der Waals surface area contributed by atoms with E-state index in [9.17, 15) is 9.59 Å². The highest BCUT2D eigenvalue weighted by Crippen LogP contribution is 2.34. The van der Waals surface area contributed by atoms with Crippen LogP contribution in [0.1, 0.15) is 11.1 Å². The molecule has 0 atom stereocenters. The van der Waals surface area contributed by atoms with Gasteiger partial charge in [-0.05, 0) is 48.9 Å². The van der Waals surface area contributed by atoms with Gasteiger partial charge in [-0.1, -0.05) is 48.0 Å². The highest BCUT2D eigenvalue weighted by Gasteiger charge is 2.25. The lowest BCUT2D eigenvalue weighted by Gasteiger charge is -2.29. The van der Waals surface area contributed by atoms with Crippen LogP contribution in [0.25, 0.3) is 6.08 Å². The molecule has 0 saturated heterocycles. The molecule has 0 unspecified atom stereocenters. The van der Waals surface area contributed by atoms with Crippen LogP contribution in [-0.2, 0) is 9.59 Å². The normalized spacial score (nSPS) is 12.9. The minimum atomic E-state index is -0.257. The number of para-hydroxylation sites is 1. The zero-order valence-corrected chi connectivity index (χ0v) is 17.8. The molecule has 1 aliphatic rings. The first-order valence-corrected chi connectivity index (χ1v) is 10.4. The number of carbonyl (C=O) groups excluding carboxylic acids is 2. The topological polar surface area (TPSA) is 67.9 Å². The second-order valence-electron chi connectivity index (χ2n) is 7.41. The number of anilines is 2. The van der Waals surface area contributed by atoms with Gasteiger partial charge in [-0.2, -0.15) is 0 Å². The van der Waals surface area contributed by atoms with Gasteiger partial charge in [-0.15, -0.1) is 0 Å². The Morgan fingerprint density at radius 3 is 2.66 bits per heavy atom. The van der Waals surface area contributed by atoms with E-state index in [1.54, 1.807) is 29.2 Å². The van der Waals surface area contributed by atoms with Crippen LogP contribution in [0.2, 0.25) is 0 Å². The van der Waals surface area contributed by atoms with E-state index >= 15 is 0 Å². The number of fused-ring (bicyclic) bond motifs is 1. The summed E-state index contributed by atoms with van der Waals surface area (Å²) >= 11 is 0. The van der Waals surface area contributed by atoms with E-state index in [4.69, 9.17) is 9.47 Å². The van der Waals surface area contributed by atoms with Gasteiger partial charge in [0.15, 0.2) is 6.61 Å². The lowest BCUT2D eigenvalue weighted by Crippen LogP contribution is -2.41. The standard InChI is InChI=1S/C26H24N2O4/c1-19-7-9-20(10-8-19)11-14-25(29)27-21-12-13-24-23(17-21)28(26(30)18-32-24)15-16-31-22-5-3-2-4-6-22/h2-14,17H,15-16,18H2,1H3,(H,27,29)/b14-11+. The number of hydrogen-bond acceptors (Lipinski definition) is 4. The lowest BCUT2D eigenvalue weighted by atomic mass is 10.1. The molecular formula is C26H24N2O4. The Labute approximate surface area is 187 Å². The van der Waals surface area contributed by atoms with Crippen molar-refractivity contribution in [1.82, 2.24) is 0 Å². The third kappa shape index (κ3) is 5.35. The molecule has 0 aliphatic carbocycles. The number of rotatable bonds is 7. The van der Waals surface area contributed by atoms with Gasteiger partial charge >= 0.3 is 0 Å². The summed E-state index contributed by atoms with van der Waals surface area (Å²) in [4.78, 5) is 26.5. The maximum absolute atomic E-state index is 12.5. The van der Waals surface area contributed by atoms with E-state index in [0.29, 0.717) is 30.3 Å². The first kappa shape index (κ1) is 21.2. The van der Waals surface area contributed by atoms with Crippen molar-refractivity contribution in [3.05, 3.63) is 90.0 Å². The third-order valence-electron chi connectivity index (χ3n) is 5.00. The van der Waals surface area contributed by atoms with E-state index < -0.39 is 0 Å². The molecule has 2 amide bonds. The van der Waals surface area contributed by atoms with Crippen LogP contribution in [-0.4, -0.2) is 31.6 Å². The Hall–Kier alpha value is -4.06.